The molecule has 1 aromatic rings. The van der Waals surface area contributed by atoms with Gasteiger partial charge in [0.1, 0.15) is 5.82 Å². The molecule has 0 saturated carbocycles. The number of halogens is 2. The summed E-state index contributed by atoms with van der Waals surface area (Å²) in [6, 6.07) is 3.06. The number of ether oxygens (including phenoxy) is 1. The number of carbonyl (C=O) groups is 1. The monoisotopic (exact) mass is 364 g/mol. The molecule has 0 aromatic heterocycles. The second-order valence-electron chi connectivity index (χ2n) is 5.60. The van der Waals surface area contributed by atoms with Crippen molar-refractivity contribution in [2.75, 3.05) is 33.1 Å². The summed E-state index contributed by atoms with van der Waals surface area (Å²) in [5.41, 5.74) is 0.0797. The van der Waals surface area contributed by atoms with Crippen LogP contribution >= 0.6 is 11.6 Å². The van der Waals surface area contributed by atoms with Crippen LogP contribution in [0.5, 0.6) is 0 Å². The number of nitrogens with zero attached hydrogens (tertiary/aromatic N) is 1. The Morgan fingerprint density at radius 3 is 2.70 bits per heavy atom. The van der Waals surface area contributed by atoms with Crippen LogP contribution in [0.25, 0.3) is 0 Å². The summed E-state index contributed by atoms with van der Waals surface area (Å²) in [6.45, 7) is 0.449. The van der Waals surface area contributed by atoms with Gasteiger partial charge in [-0.15, -0.1) is 0 Å². The van der Waals surface area contributed by atoms with Crippen LogP contribution in [0.3, 0.4) is 0 Å². The van der Waals surface area contributed by atoms with E-state index < -0.39 is 27.8 Å². The van der Waals surface area contributed by atoms with E-state index >= 15 is 0 Å². The molecule has 1 heterocycles. The number of rotatable bonds is 5. The minimum atomic E-state index is -3.41. The van der Waals surface area contributed by atoms with Crippen molar-refractivity contribution in [3.05, 3.63) is 34.6 Å². The van der Waals surface area contributed by atoms with E-state index in [-0.39, 0.29) is 35.5 Å². The minimum Gasteiger partial charge on any atom is -0.379 e. The Hall–Kier alpha value is -1.22. The van der Waals surface area contributed by atoms with Gasteiger partial charge in [-0.05, 0) is 18.2 Å². The standard InChI is InChI=1S/C14H18ClFN2O4S/c1-18(2)23(20,21)8-10-6-22-7-13(10)17-14(19)9-3-11(15)5-12(16)4-9/h3-5,10,13H,6-8H2,1-2H3,(H,17,19)/t10-,13+/m0/s1. The fourth-order valence-corrected chi connectivity index (χ4v) is 3.67. The number of carbonyl (C=O) groups excluding carboxylic acids is 1. The molecule has 2 atom stereocenters. The quantitative estimate of drug-likeness (QED) is 0.849. The molecule has 1 saturated heterocycles. The maximum absolute atomic E-state index is 13.3. The van der Waals surface area contributed by atoms with Gasteiger partial charge in [-0.1, -0.05) is 11.6 Å². The van der Waals surface area contributed by atoms with E-state index in [0.29, 0.717) is 0 Å². The fraction of sp³-hybridized carbons (Fsp3) is 0.500. The number of sulfonamides is 1. The van der Waals surface area contributed by atoms with Crippen LogP contribution < -0.4 is 5.32 Å². The molecule has 2 rings (SSSR count). The van der Waals surface area contributed by atoms with Crippen LogP contribution in [0.1, 0.15) is 10.4 Å². The first-order valence-electron chi connectivity index (χ1n) is 6.94. The second-order valence-corrected chi connectivity index (χ2v) is 8.26. The predicted molar refractivity (Wildman–Crippen MR) is 84.4 cm³/mol. The molecular weight excluding hydrogens is 347 g/mol. The van der Waals surface area contributed by atoms with Gasteiger partial charge in [0.05, 0.1) is 25.0 Å². The summed E-state index contributed by atoms with van der Waals surface area (Å²) in [5.74, 6) is -1.63. The van der Waals surface area contributed by atoms with Crippen molar-refractivity contribution in [2.45, 2.75) is 6.04 Å². The highest BCUT2D eigenvalue weighted by Gasteiger charge is 2.34. The third-order valence-corrected chi connectivity index (χ3v) is 5.80. The number of amides is 1. The Morgan fingerprint density at radius 1 is 1.39 bits per heavy atom. The maximum Gasteiger partial charge on any atom is 0.251 e. The van der Waals surface area contributed by atoms with E-state index in [1.165, 1.54) is 20.2 Å². The van der Waals surface area contributed by atoms with Crippen LogP contribution in [0.4, 0.5) is 4.39 Å². The molecule has 1 aromatic carbocycles. The van der Waals surface area contributed by atoms with E-state index in [4.69, 9.17) is 16.3 Å². The molecule has 0 unspecified atom stereocenters. The molecule has 1 amide bonds. The number of benzene rings is 1. The lowest BCUT2D eigenvalue weighted by atomic mass is 10.1. The molecule has 128 valence electrons. The summed E-state index contributed by atoms with van der Waals surface area (Å²) in [5, 5.41) is 2.80. The maximum atomic E-state index is 13.3. The SMILES string of the molecule is CN(C)S(=O)(=O)C[C@@H]1COC[C@H]1NC(=O)c1cc(F)cc(Cl)c1. The predicted octanol–water partition coefficient (Wildman–Crippen LogP) is 1.12. The van der Waals surface area contributed by atoms with Gasteiger partial charge in [-0.25, -0.2) is 17.1 Å². The lowest BCUT2D eigenvalue weighted by molar-refractivity contribution is 0.0925. The highest BCUT2D eigenvalue weighted by molar-refractivity contribution is 7.89. The molecule has 0 aliphatic carbocycles. The van der Waals surface area contributed by atoms with Gasteiger partial charge in [0.15, 0.2) is 0 Å². The molecule has 0 bridgehead atoms. The van der Waals surface area contributed by atoms with Crippen molar-refractivity contribution in [3.8, 4) is 0 Å². The van der Waals surface area contributed by atoms with Crippen molar-refractivity contribution in [1.29, 1.82) is 0 Å². The Kier molecular flexibility index (Phi) is 5.61. The zero-order valence-corrected chi connectivity index (χ0v) is 14.3. The van der Waals surface area contributed by atoms with Gasteiger partial charge in [0, 0.05) is 30.6 Å². The molecule has 1 aliphatic rings. The Morgan fingerprint density at radius 2 is 2.09 bits per heavy atom. The van der Waals surface area contributed by atoms with Crippen molar-refractivity contribution in [2.24, 2.45) is 5.92 Å². The summed E-state index contributed by atoms with van der Waals surface area (Å²) in [7, 11) is -0.504. The van der Waals surface area contributed by atoms with Gasteiger partial charge in [-0.2, -0.15) is 0 Å². The average Bonchev–Trinajstić information content (AvgIpc) is 2.84. The van der Waals surface area contributed by atoms with E-state index in [9.17, 15) is 17.6 Å². The van der Waals surface area contributed by atoms with E-state index in [2.05, 4.69) is 5.32 Å². The summed E-state index contributed by atoms with van der Waals surface area (Å²) >= 11 is 5.73. The lowest BCUT2D eigenvalue weighted by Crippen LogP contribution is -2.43. The molecular formula is C14H18ClFN2O4S. The van der Waals surface area contributed by atoms with Gasteiger partial charge in [-0.3, -0.25) is 4.79 Å². The number of nitrogens with one attached hydrogen (secondary N) is 1. The molecule has 1 fully saturated rings. The molecule has 1 aliphatic heterocycles. The van der Waals surface area contributed by atoms with Gasteiger partial charge < -0.3 is 10.1 Å². The average molecular weight is 365 g/mol. The number of hydrogen-bond acceptors (Lipinski definition) is 4. The third-order valence-electron chi connectivity index (χ3n) is 3.62. The third kappa shape index (κ3) is 4.63. The fourth-order valence-electron chi connectivity index (χ4n) is 2.28. The molecule has 23 heavy (non-hydrogen) atoms. The van der Waals surface area contributed by atoms with Gasteiger partial charge in [0.2, 0.25) is 10.0 Å². The topological polar surface area (TPSA) is 75.7 Å². The van der Waals surface area contributed by atoms with Crippen LogP contribution in [0.2, 0.25) is 5.02 Å². The summed E-state index contributed by atoms with van der Waals surface area (Å²) < 4.78 is 43.7. The van der Waals surface area contributed by atoms with Crippen LogP contribution in [0.15, 0.2) is 18.2 Å². The molecule has 1 N–H and O–H groups in total. The number of hydrogen-bond donors (Lipinski definition) is 1. The van der Waals surface area contributed by atoms with E-state index in [0.717, 1.165) is 16.4 Å². The van der Waals surface area contributed by atoms with Crippen LogP contribution in [-0.4, -0.2) is 57.7 Å². The van der Waals surface area contributed by atoms with Crippen molar-refractivity contribution in [3.63, 3.8) is 0 Å². The Labute approximate surface area is 139 Å². The van der Waals surface area contributed by atoms with Crippen LogP contribution in [-0.2, 0) is 14.8 Å². The summed E-state index contributed by atoms with van der Waals surface area (Å²) in [4.78, 5) is 12.2. The first-order chi connectivity index (χ1) is 10.7. The zero-order chi connectivity index (χ0) is 17.2. The van der Waals surface area contributed by atoms with Crippen molar-refractivity contribution >= 4 is 27.5 Å². The lowest BCUT2D eigenvalue weighted by Gasteiger charge is -2.21. The van der Waals surface area contributed by atoms with E-state index in [1.54, 1.807) is 0 Å². The van der Waals surface area contributed by atoms with Crippen molar-refractivity contribution < 1.29 is 22.3 Å². The van der Waals surface area contributed by atoms with Gasteiger partial charge in [0.25, 0.3) is 5.91 Å². The molecule has 0 radical (unpaired) electrons. The molecule has 6 nitrogen and oxygen atoms in total. The Balaban J connectivity index is 2.07. The van der Waals surface area contributed by atoms with Gasteiger partial charge >= 0.3 is 0 Å². The van der Waals surface area contributed by atoms with Crippen molar-refractivity contribution in [1.82, 2.24) is 9.62 Å². The summed E-state index contributed by atoms with van der Waals surface area (Å²) in [6.07, 6.45) is 0. The second kappa shape index (κ2) is 7.12. The van der Waals surface area contributed by atoms with Crippen LogP contribution in [0, 0.1) is 11.7 Å². The zero-order valence-electron chi connectivity index (χ0n) is 12.8. The normalized spacial score (nSPS) is 21.6. The highest BCUT2D eigenvalue weighted by Crippen LogP contribution is 2.19. The largest absolute Gasteiger partial charge is 0.379 e. The highest BCUT2D eigenvalue weighted by atomic mass is 35.5. The molecule has 9 heteroatoms. The first-order valence-corrected chi connectivity index (χ1v) is 8.92. The molecule has 0 spiro atoms. The Bertz CT molecular complexity index is 676. The minimum absolute atomic E-state index is 0.0797. The van der Waals surface area contributed by atoms with E-state index in [1.807, 2.05) is 0 Å². The first kappa shape index (κ1) is 18.1. The smallest absolute Gasteiger partial charge is 0.251 e.